The van der Waals surface area contributed by atoms with E-state index >= 15 is 0 Å². The van der Waals surface area contributed by atoms with Crippen LogP contribution in [0, 0.1) is 5.92 Å². The summed E-state index contributed by atoms with van der Waals surface area (Å²) in [5, 5.41) is 2.36. The van der Waals surface area contributed by atoms with E-state index in [2.05, 4.69) is 5.32 Å². The molecule has 0 saturated carbocycles. The number of hydrogen-bond donors (Lipinski definition) is 2. The third kappa shape index (κ3) is 7.51. The zero-order chi connectivity index (χ0) is 23.4. The molecule has 0 aromatic heterocycles. The van der Waals surface area contributed by atoms with Gasteiger partial charge in [0.05, 0.1) is 5.56 Å². The molecule has 0 aliphatic carbocycles. The molecule has 1 aromatic carbocycles. The van der Waals surface area contributed by atoms with Gasteiger partial charge in [-0.2, -0.15) is 26.3 Å². The molecule has 6 nitrogen and oxygen atoms in total. The predicted octanol–water partition coefficient (Wildman–Crippen LogP) is 3.24. The molecular formula is C17H20ClF6N3O3S. The van der Waals surface area contributed by atoms with Crippen molar-refractivity contribution in [1.29, 1.82) is 0 Å². The molecule has 31 heavy (non-hydrogen) atoms. The summed E-state index contributed by atoms with van der Waals surface area (Å²) >= 11 is 5.67. The number of carbonyl (C=O) groups is 1. The summed E-state index contributed by atoms with van der Waals surface area (Å²) in [4.78, 5) is 14.0. The minimum atomic E-state index is -5.37. The largest absolute Gasteiger partial charge is 0.511 e. The third-order valence-corrected chi connectivity index (χ3v) is 6.18. The summed E-state index contributed by atoms with van der Waals surface area (Å²) in [5.74, 6) is -0.676. The predicted molar refractivity (Wildman–Crippen MR) is 101 cm³/mol. The van der Waals surface area contributed by atoms with Gasteiger partial charge in [0.25, 0.3) is 5.91 Å². The summed E-state index contributed by atoms with van der Waals surface area (Å²) < 4.78 is 98.7. The molecule has 1 fully saturated rings. The fraction of sp³-hybridized carbons (Fsp3) is 0.588. The van der Waals surface area contributed by atoms with E-state index in [1.165, 1.54) is 4.72 Å². The Hall–Kier alpha value is -1.57. The number of alkyl halides is 6. The molecule has 0 unspecified atom stereocenters. The molecule has 1 saturated heterocycles. The average molecular weight is 496 g/mol. The molecule has 1 aliphatic heterocycles. The summed E-state index contributed by atoms with van der Waals surface area (Å²) in [6.45, 7) is 0.866. The lowest BCUT2D eigenvalue weighted by Gasteiger charge is -2.32. The van der Waals surface area contributed by atoms with Crippen molar-refractivity contribution >= 4 is 27.5 Å². The van der Waals surface area contributed by atoms with Gasteiger partial charge in [0.1, 0.15) is 0 Å². The van der Waals surface area contributed by atoms with Gasteiger partial charge in [-0.1, -0.05) is 11.6 Å². The molecular weight excluding hydrogens is 476 g/mol. The van der Waals surface area contributed by atoms with Crippen molar-refractivity contribution < 1.29 is 39.6 Å². The number of nitrogens with zero attached hydrogens (tertiary/aromatic N) is 1. The van der Waals surface area contributed by atoms with Crippen molar-refractivity contribution in [3.8, 4) is 0 Å². The number of carbonyl (C=O) groups excluding carboxylic acids is 1. The Kier molecular flexibility index (Phi) is 8.22. The zero-order valence-electron chi connectivity index (χ0n) is 16.0. The first-order valence-corrected chi connectivity index (χ1v) is 11.0. The van der Waals surface area contributed by atoms with Gasteiger partial charge in [-0.15, -0.1) is 0 Å². The van der Waals surface area contributed by atoms with Gasteiger partial charge in [0, 0.05) is 30.2 Å². The molecule has 0 bridgehead atoms. The molecule has 1 aliphatic rings. The summed E-state index contributed by atoms with van der Waals surface area (Å²) in [6.07, 6.45) is -3.48. The smallest absolute Gasteiger partial charge is 0.352 e. The molecule has 176 valence electrons. The molecule has 0 radical (unpaired) electrons. The Bertz CT molecular complexity index is 884. The quantitative estimate of drug-likeness (QED) is 0.569. The lowest BCUT2D eigenvalue weighted by atomic mass is 9.96. The first-order valence-electron chi connectivity index (χ1n) is 9.13. The SMILES string of the molecule is O=C(NCC1CCN(CCNS(=O)(=O)C(F)(F)F)CC1)c1cc(Cl)cc(C(F)(F)F)c1. The first-order chi connectivity index (χ1) is 14.2. The fourth-order valence-electron chi connectivity index (χ4n) is 3.06. The van der Waals surface area contributed by atoms with Crippen LogP contribution in [0.1, 0.15) is 28.8 Å². The standard InChI is InChI=1S/C17H20ClF6N3O3S/c18-14-8-12(7-13(9-14)16(19,20)21)15(28)25-10-11-1-4-27(5-2-11)6-3-26-31(29,30)17(22,23)24/h7-9,11,26H,1-6,10H2,(H,25,28). The maximum absolute atomic E-state index is 12.8. The van der Waals surface area contributed by atoms with E-state index in [9.17, 15) is 39.6 Å². The van der Waals surface area contributed by atoms with Crippen LogP contribution in [-0.2, 0) is 16.2 Å². The minimum Gasteiger partial charge on any atom is -0.352 e. The number of benzene rings is 1. The number of hydrogen-bond acceptors (Lipinski definition) is 4. The van der Waals surface area contributed by atoms with E-state index < -0.39 is 33.2 Å². The van der Waals surface area contributed by atoms with Crippen LogP contribution in [0.25, 0.3) is 0 Å². The van der Waals surface area contributed by atoms with Crippen LogP contribution in [0.4, 0.5) is 26.3 Å². The van der Waals surface area contributed by atoms with Crippen LogP contribution in [0.3, 0.4) is 0 Å². The second kappa shape index (κ2) is 9.92. The van der Waals surface area contributed by atoms with E-state index in [1.54, 1.807) is 4.90 Å². The van der Waals surface area contributed by atoms with Gasteiger partial charge in [-0.3, -0.25) is 4.79 Å². The highest BCUT2D eigenvalue weighted by atomic mass is 35.5. The molecule has 0 spiro atoms. The van der Waals surface area contributed by atoms with Crippen LogP contribution in [0.15, 0.2) is 18.2 Å². The van der Waals surface area contributed by atoms with E-state index in [0.29, 0.717) is 32.0 Å². The number of rotatable bonds is 7. The lowest BCUT2D eigenvalue weighted by Crippen LogP contribution is -2.44. The van der Waals surface area contributed by atoms with Crippen molar-refractivity contribution in [2.24, 2.45) is 5.92 Å². The summed E-state index contributed by atoms with van der Waals surface area (Å²) in [5.41, 5.74) is -6.60. The van der Waals surface area contributed by atoms with Gasteiger partial charge >= 0.3 is 21.7 Å². The van der Waals surface area contributed by atoms with Crippen molar-refractivity contribution in [3.63, 3.8) is 0 Å². The first kappa shape index (κ1) is 25.7. The van der Waals surface area contributed by atoms with E-state index in [4.69, 9.17) is 11.6 Å². The van der Waals surface area contributed by atoms with E-state index in [-0.39, 0.29) is 36.1 Å². The van der Waals surface area contributed by atoms with E-state index in [0.717, 1.165) is 12.1 Å². The normalized spacial score (nSPS) is 17.0. The number of piperidine rings is 1. The van der Waals surface area contributed by atoms with Gasteiger partial charge < -0.3 is 10.2 Å². The summed E-state index contributed by atoms with van der Waals surface area (Å²) in [7, 11) is -5.37. The number of sulfonamides is 1. The monoisotopic (exact) mass is 495 g/mol. The summed E-state index contributed by atoms with van der Waals surface area (Å²) in [6, 6.07) is 2.57. The molecule has 2 N–H and O–H groups in total. The number of likely N-dealkylation sites (tertiary alicyclic amines) is 1. The molecule has 14 heteroatoms. The van der Waals surface area contributed by atoms with Crippen LogP contribution >= 0.6 is 11.6 Å². The van der Waals surface area contributed by atoms with Crippen molar-refractivity contribution in [3.05, 3.63) is 34.3 Å². The second-order valence-corrected chi connectivity index (χ2v) is 9.26. The van der Waals surface area contributed by atoms with Gasteiger partial charge in [0.2, 0.25) is 0 Å². The highest BCUT2D eigenvalue weighted by molar-refractivity contribution is 7.90. The minimum absolute atomic E-state index is 0.0216. The van der Waals surface area contributed by atoms with Crippen molar-refractivity contribution in [2.75, 3.05) is 32.7 Å². The molecule has 1 aromatic rings. The highest BCUT2D eigenvalue weighted by Gasteiger charge is 2.45. The average Bonchev–Trinajstić information content (AvgIpc) is 2.65. The number of nitrogens with one attached hydrogen (secondary N) is 2. The Labute approximate surface area is 180 Å². The van der Waals surface area contributed by atoms with Crippen LogP contribution in [0.5, 0.6) is 0 Å². The molecule has 0 atom stereocenters. The van der Waals surface area contributed by atoms with Gasteiger partial charge in [-0.05, 0) is 50.0 Å². The Balaban J connectivity index is 1.77. The second-order valence-electron chi connectivity index (χ2n) is 7.06. The topological polar surface area (TPSA) is 78.5 Å². The lowest BCUT2D eigenvalue weighted by molar-refractivity contribution is -0.137. The Morgan fingerprint density at radius 1 is 1.10 bits per heavy atom. The van der Waals surface area contributed by atoms with Crippen molar-refractivity contribution in [2.45, 2.75) is 24.5 Å². The third-order valence-electron chi connectivity index (χ3n) is 4.77. The number of halogens is 7. The fourth-order valence-corrected chi connectivity index (χ4v) is 3.82. The maximum atomic E-state index is 12.8. The Morgan fingerprint density at radius 3 is 2.26 bits per heavy atom. The Morgan fingerprint density at radius 2 is 1.71 bits per heavy atom. The van der Waals surface area contributed by atoms with Crippen molar-refractivity contribution in [1.82, 2.24) is 14.9 Å². The zero-order valence-corrected chi connectivity index (χ0v) is 17.6. The highest BCUT2D eigenvalue weighted by Crippen LogP contribution is 2.32. The molecule has 1 heterocycles. The van der Waals surface area contributed by atoms with E-state index in [1.807, 2.05) is 0 Å². The van der Waals surface area contributed by atoms with Crippen LogP contribution < -0.4 is 10.0 Å². The maximum Gasteiger partial charge on any atom is 0.511 e. The number of amides is 1. The van der Waals surface area contributed by atoms with Crippen LogP contribution in [-0.4, -0.2) is 57.5 Å². The van der Waals surface area contributed by atoms with Gasteiger partial charge in [-0.25, -0.2) is 13.1 Å². The van der Waals surface area contributed by atoms with Crippen LogP contribution in [0.2, 0.25) is 5.02 Å². The molecule has 2 rings (SSSR count). The van der Waals surface area contributed by atoms with Gasteiger partial charge in [0.15, 0.2) is 0 Å². The molecule has 1 amide bonds.